The predicted molar refractivity (Wildman–Crippen MR) is 55.1 cm³/mol. The average Bonchev–Trinajstić information content (AvgIpc) is 2.14. The highest BCUT2D eigenvalue weighted by atomic mass is 35.5. The first kappa shape index (κ1) is 13.1. The van der Waals surface area contributed by atoms with Gasteiger partial charge in [-0.15, -0.1) is 34.8 Å². The Bertz CT molecular complexity index is 140. The van der Waals surface area contributed by atoms with Gasteiger partial charge in [0, 0.05) is 24.8 Å². The number of carbonyl (C=O) groups excluding carboxylic acids is 1. The van der Waals surface area contributed by atoms with Gasteiger partial charge in [-0.25, -0.2) is 4.79 Å². The van der Waals surface area contributed by atoms with Gasteiger partial charge in [0.25, 0.3) is 0 Å². The van der Waals surface area contributed by atoms with Gasteiger partial charge < -0.3 is 9.64 Å². The van der Waals surface area contributed by atoms with E-state index in [2.05, 4.69) is 0 Å². The molecule has 0 aromatic heterocycles. The van der Waals surface area contributed by atoms with E-state index in [1.54, 1.807) is 0 Å². The lowest BCUT2D eigenvalue weighted by molar-refractivity contribution is 0.112. The van der Waals surface area contributed by atoms with E-state index in [1.165, 1.54) is 4.90 Å². The quantitative estimate of drug-likeness (QED) is 0.674. The Kier molecular flexibility index (Phi) is 8.82. The zero-order valence-electron chi connectivity index (χ0n) is 7.14. The molecule has 0 radical (unpaired) electrons. The van der Waals surface area contributed by atoms with Crippen molar-refractivity contribution in [2.75, 3.05) is 37.3 Å². The summed E-state index contributed by atoms with van der Waals surface area (Å²) in [6, 6.07) is 0. The number of nitrogens with zero attached hydrogens (tertiary/aromatic N) is 1. The zero-order valence-corrected chi connectivity index (χ0v) is 9.41. The van der Waals surface area contributed by atoms with E-state index in [0.717, 1.165) is 0 Å². The molecule has 0 saturated carbocycles. The fourth-order valence-corrected chi connectivity index (χ4v) is 1.20. The summed E-state index contributed by atoms with van der Waals surface area (Å²) in [5.74, 6) is 1.03. The summed E-state index contributed by atoms with van der Waals surface area (Å²) in [7, 11) is 0. The molecule has 78 valence electrons. The van der Waals surface area contributed by atoms with Gasteiger partial charge in [-0.05, 0) is 0 Å². The Morgan fingerprint density at radius 1 is 1.08 bits per heavy atom. The van der Waals surface area contributed by atoms with Gasteiger partial charge in [0.2, 0.25) is 0 Å². The van der Waals surface area contributed by atoms with E-state index >= 15 is 0 Å². The van der Waals surface area contributed by atoms with Crippen LogP contribution in [-0.4, -0.2) is 48.3 Å². The maximum atomic E-state index is 11.2. The largest absolute Gasteiger partial charge is 0.448 e. The minimum Gasteiger partial charge on any atom is -0.448 e. The van der Waals surface area contributed by atoms with E-state index in [1.807, 2.05) is 0 Å². The third-order valence-electron chi connectivity index (χ3n) is 1.27. The number of amides is 1. The van der Waals surface area contributed by atoms with Gasteiger partial charge in [-0.1, -0.05) is 0 Å². The van der Waals surface area contributed by atoms with Crippen molar-refractivity contribution in [1.82, 2.24) is 4.90 Å². The van der Waals surface area contributed by atoms with Crippen LogP contribution in [0.15, 0.2) is 0 Å². The summed E-state index contributed by atoms with van der Waals surface area (Å²) in [5, 5.41) is 0. The lowest BCUT2D eigenvalue weighted by Crippen LogP contribution is -2.35. The summed E-state index contributed by atoms with van der Waals surface area (Å²) >= 11 is 16.3. The maximum absolute atomic E-state index is 11.2. The average molecular weight is 249 g/mol. The van der Waals surface area contributed by atoms with E-state index in [4.69, 9.17) is 39.5 Å². The van der Waals surface area contributed by atoms with Gasteiger partial charge in [0.1, 0.15) is 6.61 Å². The molecule has 0 aromatic carbocycles. The summed E-state index contributed by atoms with van der Waals surface area (Å²) in [6.07, 6.45) is -0.415. The van der Waals surface area contributed by atoms with Gasteiger partial charge in [-0.2, -0.15) is 0 Å². The molecule has 0 aliphatic carbocycles. The smallest absolute Gasteiger partial charge is 0.409 e. The van der Waals surface area contributed by atoms with Crippen molar-refractivity contribution in [2.24, 2.45) is 0 Å². The van der Waals surface area contributed by atoms with Crippen molar-refractivity contribution in [3.63, 3.8) is 0 Å². The molecular weight excluding hydrogens is 236 g/mol. The molecule has 6 heteroatoms. The van der Waals surface area contributed by atoms with Crippen molar-refractivity contribution in [3.05, 3.63) is 0 Å². The lowest BCUT2D eigenvalue weighted by atomic mass is 10.5. The number of halogens is 3. The Balaban J connectivity index is 3.80. The molecule has 0 heterocycles. The first-order valence-corrected chi connectivity index (χ1v) is 5.46. The van der Waals surface area contributed by atoms with Crippen LogP contribution in [0.1, 0.15) is 0 Å². The third-order valence-corrected chi connectivity index (χ3v) is 1.76. The van der Waals surface area contributed by atoms with Gasteiger partial charge in [-0.3, -0.25) is 0 Å². The van der Waals surface area contributed by atoms with Crippen LogP contribution < -0.4 is 0 Å². The molecule has 0 spiro atoms. The summed E-state index contributed by atoms with van der Waals surface area (Å²) < 4.78 is 4.80. The second-order valence-electron chi connectivity index (χ2n) is 2.17. The molecular formula is C7H12Cl3NO2. The summed E-state index contributed by atoms with van der Waals surface area (Å²) in [5.41, 5.74) is 0. The van der Waals surface area contributed by atoms with Crippen molar-refractivity contribution in [2.45, 2.75) is 0 Å². The fraction of sp³-hybridized carbons (Fsp3) is 0.857. The van der Waals surface area contributed by atoms with Crippen LogP contribution in [0.2, 0.25) is 0 Å². The minimum absolute atomic E-state index is 0.210. The minimum atomic E-state index is -0.415. The van der Waals surface area contributed by atoms with E-state index in [-0.39, 0.29) is 6.61 Å². The van der Waals surface area contributed by atoms with E-state index in [9.17, 15) is 4.79 Å². The number of carbonyl (C=O) groups is 1. The topological polar surface area (TPSA) is 29.5 Å². The van der Waals surface area contributed by atoms with Crippen LogP contribution in [0.5, 0.6) is 0 Å². The van der Waals surface area contributed by atoms with Gasteiger partial charge in [0.15, 0.2) is 0 Å². The molecule has 1 amide bonds. The lowest BCUT2D eigenvalue weighted by Gasteiger charge is -2.19. The predicted octanol–water partition coefficient (Wildman–Crippen LogP) is 2.14. The fourth-order valence-electron chi connectivity index (χ4n) is 0.716. The van der Waals surface area contributed by atoms with Crippen LogP contribution in [0.4, 0.5) is 4.79 Å². The third kappa shape index (κ3) is 6.24. The summed E-state index contributed by atoms with van der Waals surface area (Å²) in [6.45, 7) is 1.09. The highest BCUT2D eigenvalue weighted by Gasteiger charge is 2.12. The number of hydrogen-bond donors (Lipinski definition) is 0. The Labute approximate surface area is 92.9 Å². The monoisotopic (exact) mass is 247 g/mol. The Hall–Kier alpha value is 0.140. The van der Waals surface area contributed by atoms with Crippen LogP contribution in [-0.2, 0) is 4.74 Å². The molecule has 0 rings (SSSR count). The second-order valence-corrected chi connectivity index (χ2v) is 3.30. The molecule has 0 bridgehead atoms. The number of rotatable bonds is 6. The van der Waals surface area contributed by atoms with Crippen molar-refractivity contribution in [1.29, 1.82) is 0 Å². The Morgan fingerprint density at radius 2 is 1.62 bits per heavy atom. The number of ether oxygens (including phenoxy) is 1. The van der Waals surface area contributed by atoms with Crippen LogP contribution in [0.3, 0.4) is 0 Å². The molecule has 0 aromatic rings. The van der Waals surface area contributed by atoms with Crippen LogP contribution >= 0.6 is 34.8 Å². The Morgan fingerprint density at radius 3 is 2.00 bits per heavy atom. The first-order valence-electron chi connectivity index (χ1n) is 3.85. The second kappa shape index (κ2) is 8.73. The molecule has 0 unspecified atom stereocenters. The van der Waals surface area contributed by atoms with Crippen molar-refractivity contribution >= 4 is 40.9 Å². The van der Waals surface area contributed by atoms with Gasteiger partial charge >= 0.3 is 6.09 Å². The molecule has 0 aliphatic rings. The summed E-state index contributed by atoms with van der Waals surface area (Å²) in [4.78, 5) is 12.7. The molecule has 0 atom stereocenters. The molecule has 0 N–H and O–H groups in total. The van der Waals surface area contributed by atoms with Crippen molar-refractivity contribution in [3.8, 4) is 0 Å². The molecule has 13 heavy (non-hydrogen) atoms. The van der Waals surface area contributed by atoms with E-state index in [0.29, 0.717) is 30.7 Å². The maximum Gasteiger partial charge on any atom is 0.409 e. The molecule has 0 aliphatic heterocycles. The highest BCUT2D eigenvalue weighted by molar-refractivity contribution is 6.18. The molecule has 0 fully saturated rings. The number of hydrogen-bond acceptors (Lipinski definition) is 2. The van der Waals surface area contributed by atoms with Gasteiger partial charge in [0.05, 0.1) is 5.88 Å². The normalized spacial score (nSPS) is 9.77. The zero-order chi connectivity index (χ0) is 10.1. The highest BCUT2D eigenvalue weighted by Crippen LogP contribution is 1.96. The van der Waals surface area contributed by atoms with Crippen LogP contribution in [0.25, 0.3) is 0 Å². The van der Waals surface area contributed by atoms with Crippen LogP contribution in [0, 0.1) is 0 Å². The van der Waals surface area contributed by atoms with Crippen molar-refractivity contribution < 1.29 is 9.53 Å². The standard InChI is InChI=1S/C7H12Cl3NO2/c8-1-4-11(5-2-9)7(12)13-6-3-10/h1-6H2. The molecule has 3 nitrogen and oxygen atoms in total. The number of alkyl halides is 3. The first-order chi connectivity index (χ1) is 6.26. The van der Waals surface area contributed by atoms with E-state index < -0.39 is 6.09 Å². The molecule has 0 saturated heterocycles. The SMILES string of the molecule is O=C(OCCCl)N(CCCl)CCCl.